The van der Waals surface area contributed by atoms with Gasteiger partial charge in [-0.1, -0.05) is 35.5 Å². The van der Waals surface area contributed by atoms with Gasteiger partial charge in [-0.05, 0) is 6.92 Å². The van der Waals surface area contributed by atoms with E-state index in [0.717, 1.165) is 17.0 Å². The van der Waals surface area contributed by atoms with Crippen molar-refractivity contribution in [2.45, 2.75) is 19.5 Å². The molecule has 0 saturated carbocycles. The summed E-state index contributed by atoms with van der Waals surface area (Å²) in [4.78, 5) is 0. The minimum absolute atomic E-state index is 0.0194. The molecular formula is C12H14N8. The number of hydrogen-bond acceptors (Lipinski definition) is 6. The maximum Gasteiger partial charge on any atom is 0.191 e. The summed E-state index contributed by atoms with van der Waals surface area (Å²) in [5.74, 6) is 0.620. The highest BCUT2D eigenvalue weighted by Crippen LogP contribution is 2.19. The molecule has 0 saturated heterocycles. The van der Waals surface area contributed by atoms with Crippen LogP contribution in [0.5, 0.6) is 0 Å². The van der Waals surface area contributed by atoms with Crippen molar-refractivity contribution in [3.05, 3.63) is 41.9 Å². The van der Waals surface area contributed by atoms with Gasteiger partial charge in [0.25, 0.3) is 0 Å². The zero-order valence-electron chi connectivity index (χ0n) is 10.9. The van der Waals surface area contributed by atoms with E-state index < -0.39 is 0 Å². The fraction of sp³-hybridized carbons (Fsp3) is 0.250. The second-order valence-corrected chi connectivity index (χ2v) is 4.36. The SMILES string of the molecule is CC(NCc1n[nH]nc1-c1ccccc1)c1nn[nH]n1. The zero-order valence-corrected chi connectivity index (χ0v) is 10.9. The molecule has 8 nitrogen and oxygen atoms in total. The molecule has 0 aliphatic heterocycles. The van der Waals surface area contributed by atoms with Crippen LogP contribution in [-0.4, -0.2) is 36.0 Å². The van der Waals surface area contributed by atoms with E-state index in [1.807, 2.05) is 37.3 Å². The molecule has 3 aromatic rings. The molecule has 0 bridgehead atoms. The first kappa shape index (κ1) is 12.4. The number of H-pyrrole nitrogens is 2. The Morgan fingerprint density at radius 2 is 1.95 bits per heavy atom. The summed E-state index contributed by atoms with van der Waals surface area (Å²) < 4.78 is 0. The van der Waals surface area contributed by atoms with E-state index >= 15 is 0 Å². The van der Waals surface area contributed by atoms with Crippen molar-refractivity contribution in [3.63, 3.8) is 0 Å². The third kappa shape index (κ3) is 2.54. The summed E-state index contributed by atoms with van der Waals surface area (Å²) in [5, 5.41) is 28.2. The van der Waals surface area contributed by atoms with Gasteiger partial charge < -0.3 is 5.32 Å². The average Bonchev–Trinajstić information content (AvgIpc) is 3.17. The fourth-order valence-corrected chi connectivity index (χ4v) is 1.90. The smallest absolute Gasteiger partial charge is 0.191 e. The van der Waals surface area contributed by atoms with Gasteiger partial charge in [-0.15, -0.1) is 10.2 Å². The standard InChI is InChI=1S/C12H14N8/c1-8(12-16-19-20-17-12)13-7-10-11(15-18-14-10)9-5-3-2-4-6-9/h2-6,8,13H,7H2,1H3,(H,14,15,18)(H,16,17,19,20). The Balaban J connectivity index is 1.72. The lowest BCUT2D eigenvalue weighted by atomic mass is 10.1. The average molecular weight is 270 g/mol. The van der Waals surface area contributed by atoms with Crippen molar-refractivity contribution < 1.29 is 0 Å². The van der Waals surface area contributed by atoms with Gasteiger partial charge in [0.05, 0.1) is 6.04 Å². The maximum absolute atomic E-state index is 4.20. The van der Waals surface area contributed by atoms with Crippen molar-refractivity contribution in [3.8, 4) is 11.3 Å². The van der Waals surface area contributed by atoms with Crippen molar-refractivity contribution in [2.75, 3.05) is 0 Å². The third-order valence-corrected chi connectivity index (χ3v) is 2.99. The largest absolute Gasteiger partial charge is 0.302 e. The fourth-order valence-electron chi connectivity index (χ4n) is 1.90. The summed E-state index contributed by atoms with van der Waals surface area (Å²) >= 11 is 0. The molecule has 0 radical (unpaired) electrons. The van der Waals surface area contributed by atoms with Crippen LogP contribution in [0.1, 0.15) is 24.5 Å². The van der Waals surface area contributed by atoms with Gasteiger partial charge in [-0.25, -0.2) is 0 Å². The highest BCUT2D eigenvalue weighted by atomic mass is 15.5. The number of aromatic nitrogens is 7. The van der Waals surface area contributed by atoms with E-state index in [2.05, 4.69) is 41.4 Å². The van der Waals surface area contributed by atoms with E-state index in [0.29, 0.717) is 12.4 Å². The van der Waals surface area contributed by atoms with Gasteiger partial charge in [0.15, 0.2) is 5.82 Å². The second-order valence-electron chi connectivity index (χ2n) is 4.36. The molecule has 1 unspecified atom stereocenters. The molecule has 2 heterocycles. The zero-order chi connectivity index (χ0) is 13.8. The summed E-state index contributed by atoms with van der Waals surface area (Å²) in [6.07, 6.45) is 0. The summed E-state index contributed by atoms with van der Waals surface area (Å²) in [6.45, 7) is 2.53. The van der Waals surface area contributed by atoms with Crippen LogP contribution in [0.25, 0.3) is 11.3 Å². The predicted molar refractivity (Wildman–Crippen MR) is 71.3 cm³/mol. The number of nitrogens with zero attached hydrogens (tertiary/aromatic N) is 5. The van der Waals surface area contributed by atoms with E-state index in [9.17, 15) is 0 Å². The molecule has 0 aliphatic carbocycles. The number of aromatic amines is 2. The molecule has 3 N–H and O–H groups in total. The normalized spacial score (nSPS) is 12.4. The molecule has 0 amide bonds. The quantitative estimate of drug-likeness (QED) is 0.634. The third-order valence-electron chi connectivity index (χ3n) is 2.99. The van der Waals surface area contributed by atoms with Crippen LogP contribution in [-0.2, 0) is 6.54 Å². The van der Waals surface area contributed by atoms with Crippen LogP contribution in [0.3, 0.4) is 0 Å². The summed E-state index contributed by atoms with van der Waals surface area (Å²) in [7, 11) is 0. The molecule has 3 rings (SSSR count). The van der Waals surface area contributed by atoms with Gasteiger partial charge in [0, 0.05) is 12.1 Å². The van der Waals surface area contributed by atoms with Crippen molar-refractivity contribution in [1.82, 2.24) is 41.4 Å². The minimum Gasteiger partial charge on any atom is -0.302 e. The van der Waals surface area contributed by atoms with Crippen LogP contribution in [0.2, 0.25) is 0 Å². The number of hydrogen-bond donors (Lipinski definition) is 3. The van der Waals surface area contributed by atoms with Gasteiger partial charge in [-0.3, -0.25) is 0 Å². The lowest BCUT2D eigenvalue weighted by molar-refractivity contribution is 0.541. The highest BCUT2D eigenvalue weighted by molar-refractivity contribution is 5.60. The lowest BCUT2D eigenvalue weighted by Crippen LogP contribution is -2.20. The van der Waals surface area contributed by atoms with Gasteiger partial charge >= 0.3 is 0 Å². The second kappa shape index (κ2) is 5.57. The number of rotatable bonds is 5. The Kier molecular flexibility index (Phi) is 3.46. The lowest BCUT2D eigenvalue weighted by Gasteiger charge is -2.08. The van der Waals surface area contributed by atoms with Gasteiger partial charge in [0.1, 0.15) is 11.4 Å². The van der Waals surface area contributed by atoms with Gasteiger partial charge in [0.2, 0.25) is 0 Å². The maximum atomic E-state index is 4.20. The van der Waals surface area contributed by atoms with Crippen molar-refractivity contribution >= 4 is 0 Å². The molecule has 2 aromatic heterocycles. The number of benzene rings is 1. The van der Waals surface area contributed by atoms with Crippen molar-refractivity contribution in [2.24, 2.45) is 0 Å². The van der Waals surface area contributed by atoms with Crippen molar-refractivity contribution in [1.29, 1.82) is 0 Å². The Morgan fingerprint density at radius 1 is 1.10 bits per heavy atom. The molecular weight excluding hydrogens is 256 g/mol. The Labute approximate surface area is 115 Å². The molecule has 1 aromatic carbocycles. The van der Waals surface area contributed by atoms with Crippen LogP contribution in [0.4, 0.5) is 0 Å². The molecule has 1 atom stereocenters. The molecule has 0 fully saturated rings. The topological polar surface area (TPSA) is 108 Å². The molecule has 102 valence electrons. The predicted octanol–water partition coefficient (Wildman–Crippen LogP) is 0.836. The van der Waals surface area contributed by atoms with Crippen LogP contribution < -0.4 is 5.32 Å². The first-order valence-corrected chi connectivity index (χ1v) is 6.26. The Morgan fingerprint density at radius 3 is 2.70 bits per heavy atom. The Hall–Kier alpha value is -2.61. The monoisotopic (exact) mass is 270 g/mol. The minimum atomic E-state index is -0.0194. The first-order chi connectivity index (χ1) is 9.84. The van der Waals surface area contributed by atoms with Crippen LogP contribution in [0.15, 0.2) is 30.3 Å². The van der Waals surface area contributed by atoms with E-state index in [4.69, 9.17) is 0 Å². The Bertz CT molecular complexity index is 645. The first-order valence-electron chi connectivity index (χ1n) is 6.26. The van der Waals surface area contributed by atoms with E-state index in [-0.39, 0.29) is 6.04 Å². The van der Waals surface area contributed by atoms with Crippen LogP contribution >= 0.6 is 0 Å². The van der Waals surface area contributed by atoms with Gasteiger partial charge in [-0.2, -0.15) is 20.6 Å². The summed E-state index contributed by atoms with van der Waals surface area (Å²) in [5.41, 5.74) is 2.73. The number of nitrogens with one attached hydrogen (secondary N) is 3. The molecule has 0 spiro atoms. The van der Waals surface area contributed by atoms with E-state index in [1.54, 1.807) is 0 Å². The highest BCUT2D eigenvalue weighted by Gasteiger charge is 2.13. The molecule has 20 heavy (non-hydrogen) atoms. The van der Waals surface area contributed by atoms with Crippen LogP contribution in [0, 0.1) is 0 Å². The molecule has 0 aliphatic rings. The summed E-state index contributed by atoms with van der Waals surface area (Å²) in [6, 6.07) is 9.91. The van der Waals surface area contributed by atoms with E-state index in [1.165, 1.54) is 0 Å². The number of tetrazole rings is 1. The molecule has 8 heteroatoms.